The second kappa shape index (κ2) is 10.3. The molecule has 2 atom stereocenters. The van der Waals surface area contributed by atoms with Gasteiger partial charge in [-0.1, -0.05) is 0 Å². The van der Waals surface area contributed by atoms with Gasteiger partial charge >= 0.3 is 0 Å². The van der Waals surface area contributed by atoms with Crippen LogP contribution < -0.4 is 15.4 Å². The predicted molar refractivity (Wildman–Crippen MR) is 132 cm³/mol. The minimum Gasteiger partial charge on any atom is -0.481 e. The summed E-state index contributed by atoms with van der Waals surface area (Å²) in [7, 11) is 1.50. The van der Waals surface area contributed by atoms with Crippen molar-refractivity contribution < 1.29 is 23.8 Å². The Labute approximate surface area is 210 Å². The minimum absolute atomic E-state index is 0.157. The van der Waals surface area contributed by atoms with Gasteiger partial charge in [-0.15, -0.1) is 11.8 Å². The van der Waals surface area contributed by atoms with Crippen LogP contribution in [0.15, 0.2) is 35.4 Å². The van der Waals surface area contributed by atoms with Crippen molar-refractivity contribution in [2.75, 3.05) is 37.8 Å². The molecule has 5 rings (SSSR count). The van der Waals surface area contributed by atoms with Crippen molar-refractivity contribution in [1.82, 2.24) is 25.2 Å². The average molecular weight is 513 g/mol. The first-order chi connectivity index (χ1) is 17.4. The number of amides is 2. The number of rotatable bonds is 6. The van der Waals surface area contributed by atoms with Gasteiger partial charge in [-0.3, -0.25) is 14.6 Å². The molecule has 0 radical (unpaired) electrons. The number of aromatic nitrogens is 3. The molecule has 3 aromatic heterocycles. The van der Waals surface area contributed by atoms with E-state index in [0.29, 0.717) is 66.5 Å². The molecule has 36 heavy (non-hydrogen) atoms. The average Bonchev–Trinajstić information content (AvgIpc) is 2.88. The van der Waals surface area contributed by atoms with Gasteiger partial charge in [0.1, 0.15) is 17.3 Å². The molecule has 0 unspecified atom stereocenters. The first kappa shape index (κ1) is 24.3. The van der Waals surface area contributed by atoms with Gasteiger partial charge in [0.25, 0.3) is 5.91 Å². The lowest BCUT2D eigenvalue weighted by atomic mass is 10.0. The van der Waals surface area contributed by atoms with E-state index >= 15 is 0 Å². The van der Waals surface area contributed by atoms with E-state index in [9.17, 15) is 19.1 Å². The molecule has 2 aliphatic rings. The van der Waals surface area contributed by atoms with Crippen LogP contribution in [0.3, 0.4) is 0 Å². The number of halogens is 1. The summed E-state index contributed by atoms with van der Waals surface area (Å²) < 4.78 is 19.8. The standard InChI is InChI=1S/C24H25FN6O4S/c1-35-21-5-3-16-22(30-21)13(14(25)10-26-16)6-8-31-9-7-15(18(32)11-31)28-24(34)17-2-4-19-23(27-17)29-20(33)12-36-19/h2-5,10,15,18,32H,6-9,11-12H2,1H3,(H,28,34)(H,27,29,33)/t15-,18+/m0/s1. The van der Waals surface area contributed by atoms with E-state index in [1.165, 1.54) is 25.1 Å². The Hall–Kier alpha value is -3.35. The highest BCUT2D eigenvalue weighted by Gasteiger charge is 2.30. The number of nitrogens with zero attached hydrogens (tertiary/aromatic N) is 4. The summed E-state index contributed by atoms with van der Waals surface area (Å²) in [6.07, 6.45) is 1.31. The van der Waals surface area contributed by atoms with Gasteiger partial charge in [-0.25, -0.2) is 14.4 Å². The van der Waals surface area contributed by atoms with Gasteiger partial charge in [-0.05, 0) is 31.0 Å². The second-order valence-electron chi connectivity index (χ2n) is 8.67. The Morgan fingerprint density at radius 1 is 1.33 bits per heavy atom. The van der Waals surface area contributed by atoms with Crippen LogP contribution in [-0.4, -0.2) is 81.4 Å². The number of hydrogen-bond acceptors (Lipinski definition) is 9. The molecule has 2 amide bonds. The van der Waals surface area contributed by atoms with E-state index < -0.39 is 23.9 Å². The number of methoxy groups -OCH3 is 1. The lowest BCUT2D eigenvalue weighted by Gasteiger charge is -2.36. The zero-order valence-corrected chi connectivity index (χ0v) is 20.3. The van der Waals surface area contributed by atoms with Crippen LogP contribution in [-0.2, 0) is 11.2 Å². The van der Waals surface area contributed by atoms with Crippen molar-refractivity contribution in [3.05, 3.63) is 47.5 Å². The van der Waals surface area contributed by atoms with Crippen molar-refractivity contribution in [3.8, 4) is 5.88 Å². The summed E-state index contributed by atoms with van der Waals surface area (Å²) in [5, 5.41) is 16.2. The fourth-order valence-electron chi connectivity index (χ4n) is 4.40. The monoisotopic (exact) mass is 512 g/mol. The van der Waals surface area contributed by atoms with Crippen LogP contribution in [0.1, 0.15) is 22.5 Å². The van der Waals surface area contributed by atoms with Crippen LogP contribution in [0.25, 0.3) is 11.0 Å². The molecule has 0 aliphatic carbocycles. The molecule has 3 N–H and O–H groups in total. The molecule has 1 saturated heterocycles. The number of piperidine rings is 1. The Kier molecular flexibility index (Phi) is 6.99. The van der Waals surface area contributed by atoms with E-state index in [4.69, 9.17) is 4.74 Å². The normalized spacial score (nSPS) is 20.0. The summed E-state index contributed by atoms with van der Waals surface area (Å²) in [6, 6.07) is 6.34. The first-order valence-corrected chi connectivity index (χ1v) is 12.5. The summed E-state index contributed by atoms with van der Waals surface area (Å²) in [5.41, 5.74) is 1.67. The maximum Gasteiger partial charge on any atom is 0.270 e. The van der Waals surface area contributed by atoms with E-state index in [1.54, 1.807) is 24.3 Å². The molecule has 0 saturated carbocycles. The van der Waals surface area contributed by atoms with Gasteiger partial charge in [0.05, 0.1) is 47.1 Å². The third kappa shape index (κ3) is 5.11. The first-order valence-electron chi connectivity index (χ1n) is 11.5. The lowest BCUT2D eigenvalue weighted by molar-refractivity contribution is -0.113. The molecule has 10 nitrogen and oxygen atoms in total. The SMILES string of the molecule is COc1ccc2ncc(F)c(CCN3CC[C@H](NC(=O)c4ccc5c(n4)NC(=O)CS5)[C@H](O)C3)c2n1. The van der Waals surface area contributed by atoms with Crippen LogP contribution >= 0.6 is 11.8 Å². The molecule has 3 aromatic rings. The van der Waals surface area contributed by atoms with Gasteiger partial charge in [-0.2, -0.15) is 0 Å². The highest BCUT2D eigenvalue weighted by Crippen LogP contribution is 2.29. The fourth-order valence-corrected chi connectivity index (χ4v) is 5.16. The number of carbonyl (C=O) groups is 2. The summed E-state index contributed by atoms with van der Waals surface area (Å²) in [4.78, 5) is 39.9. The third-order valence-electron chi connectivity index (χ3n) is 6.32. The van der Waals surface area contributed by atoms with Gasteiger partial charge in [0.15, 0.2) is 0 Å². The smallest absolute Gasteiger partial charge is 0.270 e. The fraction of sp³-hybridized carbons (Fsp3) is 0.375. The number of likely N-dealkylation sites (tertiary alicyclic amines) is 1. The zero-order valence-electron chi connectivity index (χ0n) is 19.5. The Morgan fingerprint density at radius 2 is 2.19 bits per heavy atom. The topological polar surface area (TPSA) is 130 Å². The molecule has 2 aliphatic heterocycles. The number of carbonyl (C=O) groups excluding carboxylic acids is 2. The number of fused-ring (bicyclic) bond motifs is 2. The highest BCUT2D eigenvalue weighted by atomic mass is 32.2. The number of anilines is 1. The van der Waals surface area contributed by atoms with E-state index in [-0.39, 0.29) is 11.6 Å². The van der Waals surface area contributed by atoms with Crippen molar-refractivity contribution in [1.29, 1.82) is 0 Å². The summed E-state index contributed by atoms with van der Waals surface area (Å²) in [6.45, 7) is 1.46. The molecular formula is C24H25FN6O4S. The maximum atomic E-state index is 14.6. The number of hydrogen-bond donors (Lipinski definition) is 3. The lowest BCUT2D eigenvalue weighted by Crippen LogP contribution is -2.54. The molecule has 5 heterocycles. The Morgan fingerprint density at radius 3 is 3.00 bits per heavy atom. The second-order valence-corrected chi connectivity index (χ2v) is 9.69. The molecule has 188 valence electrons. The maximum absolute atomic E-state index is 14.6. The predicted octanol–water partition coefficient (Wildman–Crippen LogP) is 1.62. The highest BCUT2D eigenvalue weighted by molar-refractivity contribution is 8.00. The number of aliphatic hydroxyl groups is 1. The van der Waals surface area contributed by atoms with Crippen LogP contribution in [0.4, 0.5) is 10.2 Å². The number of ether oxygens (including phenoxy) is 1. The van der Waals surface area contributed by atoms with Gasteiger partial charge in [0, 0.05) is 31.3 Å². The molecule has 12 heteroatoms. The van der Waals surface area contributed by atoms with Crippen molar-refractivity contribution in [2.45, 2.75) is 29.9 Å². The minimum atomic E-state index is -0.798. The van der Waals surface area contributed by atoms with Crippen molar-refractivity contribution in [3.63, 3.8) is 0 Å². The quantitative estimate of drug-likeness (QED) is 0.451. The van der Waals surface area contributed by atoms with Gasteiger partial charge in [0.2, 0.25) is 11.8 Å². The number of nitrogens with one attached hydrogen (secondary N) is 2. The molecule has 1 fully saturated rings. The van der Waals surface area contributed by atoms with Gasteiger partial charge < -0.3 is 25.4 Å². The number of thioether (sulfide) groups is 1. The van der Waals surface area contributed by atoms with E-state index in [1.807, 2.05) is 4.90 Å². The van der Waals surface area contributed by atoms with Crippen molar-refractivity contribution >= 4 is 40.4 Å². The van der Waals surface area contributed by atoms with Crippen LogP contribution in [0.2, 0.25) is 0 Å². The number of β-amino-alcohol motifs (C(OH)–C–C–N with tert-alkyl or cyclic N) is 1. The van der Waals surface area contributed by atoms with Crippen LogP contribution in [0.5, 0.6) is 5.88 Å². The zero-order chi connectivity index (χ0) is 25.2. The van der Waals surface area contributed by atoms with E-state index in [0.717, 1.165) is 4.90 Å². The van der Waals surface area contributed by atoms with E-state index in [2.05, 4.69) is 25.6 Å². The Bertz CT molecular complexity index is 1330. The molecule has 0 bridgehead atoms. The number of aliphatic hydroxyl groups excluding tert-OH is 1. The van der Waals surface area contributed by atoms with Crippen LogP contribution in [0, 0.1) is 5.82 Å². The summed E-state index contributed by atoms with van der Waals surface area (Å²) in [5.74, 6) is 0.0816. The molecule has 0 spiro atoms. The molecular weight excluding hydrogens is 487 g/mol. The molecule has 0 aromatic carbocycles. The summed E-state index contributed by atoms with van der Waals surface area (Å²) >= 11 is 1.37. The Balaban J connectivity index is 1.19. The largest absolute Gasteiger partial charge is 0.481 e. The third-order valence-corrected chi connectivity index (χ3v) is 7.36. The number of pyridine rings is 3. The van der Waals surface area contributed by atoms with Crippen molar-refractivity contribution in [2.24, 2.45) is 0 Å².